The van der Waals surface area contributed by atoms with Crippen LogP contribution in [0.2, 0.25) is 5.02 Å². The lowest BCUT2D eigenvalue weighted by Crippen LogP contribution is -2.48. The number of carbonyl (C=O) groups excluding carboxylic acids is 4. The van der Waals surface area contributed by atoms with Crippen LogP contribution in [0.5, 0.6) is 0 Å². The average Bonchev–Trinajstić information content (AvgIpc) is 3.24. The molecular formula is C22H27ClN4O4. The van der Waals surface area contributed by atoms with Crippen LogP contribution < -0.4 is 15.5 Å². The number of urea groups is 1. The highest BCUT2D eigenvalue weighted by Gasteiger charge is 2.50. The highest BCUT2D eigenvalue weighted by atomic mass is 35.5. The van der Waals surface area contributed by atoms with Crippen LogP contribution in [-0.4, -0.2) is 53.8 Å². The fourth-order valence-electron chi connectivity index (χ4n) is 4.75. The first-order chi connectivity index (χ1) is 14.9. The van der Waals surface area contributed by atoms with E-state index in [-0.39, 0.29) is 43.3 Å². The van der Waals surface area contributed by atoms with Crippen LogP contribution in [0.4, 0.5) is 10.5 Å². The van der Waals surface area contributed by atoms with Gasteiger partial charge in [-0.15, -0.1) is 0 Å². The molecule has 2 N–H and O–H groups in total. The smallest absolute Gasteiger partial charge is 0.325 e. The van der Waals surface area contributed by atoms with Crippen molar-refractivity contribution >= 4 is 41.0 Å². The molecule has 1 saturated carbocycles. The van der Waals surface area contributed by atoms with Crippen LogP contribution in [0.3, 0.4) is 0 Å². The Kier molecular flexibility index (Phi) is 6.18. The Morgan fingerprint density at radius 3 is 2.65 bits per heavy atom. The zero-order valence-electron chi connectivity index (χ0n) is 17.4. The molecule has 3 aliphatic rings. The Morgan fingerprint density at radius 1 is 1.16 bits per heavy atom. The van der Waals surface area contributed by atoms with Crippen LogP contribution in [-0.2, 0) is 14.4 Å². The number of carbonyl (C=O) groups is 4. The van der Waals surface area contributed by atoms with Crippen molar-refractivity contribution in [2.24, 2.45) is 5.92 Å². The Balaban J connectivity index is 1.25. The van der Waals surface area contributed by atoms with Crippen LogP contribution in [0.25, 0.3) is 0 Å². The van der Waals surface area contributed by atoms with Crippen molar-refractivity contribution in [3.05, 3.63) is 29.3 Å². The highest BCUT2D eigenvalue weighted by molar-refractivity contribution is 6.33. The fraction of sp³-hybridized carbons (Fsp3) is 0.545. The minimum atomic E-state index is -0.717. The molecule has 1 aromatic rings. The molecule has 2 saturated heterocycles. The van der Waals surface area contributed by atoms with Gasteiger partial charge in [0, 0.05) is 26.1 Å². The second-order valence-corrected chi connectivity index (χ2v) is 8.94. The summed E-state index contributed by atoms with van der Waals surface area (Å²) in [5.74, 6) is -0.930. The van der Waals surface area contributed by atoms with Gasteiger partial charge in [-0.1, -0.05) is 43.0 Å². The molecule has 2 heterocycles. The number of anilines is 1. The van der Waals surface area contributed by atoms with Crippen LogP contribution in [0.15, 0.2) is 24.3 Å². The second kappa shape index (κ2) is 8.86. The molecule has 4 rings (SSSR count). The van der Waals surface area contributed by atoms with Gasteiger partial charge in [0.05, 0.1) is 16.6 Å². The van der Waals surface area contributed by atoms with Gasteiger partial charge >= 0.3 is 6.03 Å². The van der Waals surface area contributed by atoms with E-state index in [2.05, 4.69) is 10.6 Å². The number of para-hydroxylation sites is 1. The second-order valence-electron chi connectivity index (χ2n) is 8.53. The first-order valence-electron chi connectivity index (χ1n) is 10.9. The van der Waals surface area contributed by atoms with E-state index < -0.39 is 11.5 Å². The standard InChI is InChI=1S/C22H27ClN4O4/c23-16-7-2-3-8-17(16)27-14-15(13-18(27)28)19(29)24-11-6-12-26-20(30)22(25-21(26)31)9-4-1-5-10-22/h2-3,7-8,15H,1,4-6,9-14H2,(H,24,29)(H,25,31)/t15-/m1/s1. The third-order valence-electron chi connectivity index (χ3n) is 6.45. The number of nitrogens with zero attached hydrogens (tertiary/aromatic N) is 2. The van der Waals surface area contributed by atoms with E-state index in [9.17, 15) is 19.2 Å². The third kappa shape index (κ3) is 4.26. The molecule has 0 radical (unpaired) electrons. The van der Waals surface area contributed by atoms with E-state index in [0.717, 1.165) is 19.3 Å². The number of rotatable bonds is 6. The summed E-state index contributed by atoms with van der Waals surface area (Å²) in [4.78, 5) is 52.8. The van der Waals surface area contributed by atoms with Crippen molar-refractivity contribution in [2.75, 3.05) is 24.5 Å². The molecule has 0 unspecified atom stereocenters. The van der Waals surface area contributed by atoms with Gasteiger partial charge in [0.25, 0.3) is 5.91 Å². The van der Waals surface area contributed by atoms with Gasteiger partial charge < -0.3 is 15.5 Å². The molecule has 9 heteroatoms. The number of amides is 5. The van der Waals surface area contributed by atoms with Crippen LogP contribution in [0, 0.1) is 5.92 Å². The van der Waals surface area contributed by atoms with Crippen LogP contribution in [0.1, 0.15) is 44.9 Å². The van der Waals surface area contributed by atoms with Crippen molar-refractivity contribution in [1.29, 1.82) is 0 Å². The fourth-order valence-corrected chi connectivity index (χ4v) is 4.99. The lowest BCUT2D eigenvalue weighted by molar-refractivity contribution is -0.132. The van der Waals surface area contributed by atoms with Crippen molar-refractivity contribution in [2.45, 2.75) is 50.5 Å². The predicted molar refractivity (Wildman–Crippen MR) is 116 cm³/mol. The summed E-state index contributed by atoms with van der Waals surface area (Å²) in [6, 6.07) is 6.73. The van der Waals surface area contributed by atoms with Gasteiger partial charge in [-0.3, -0.25) is 19.3 Å². The highest BCUT2D eigenvalue weighted by Crippen LogP contribution is 2.34. The third-order valence-corrected chi connectivity index (χ3v) is 6.77. The summed E-state index contributed by atoms with van der Waals surface area (Å²) in [5.41, 5.74) is -0.106. The zero-order chi connectivity index (χ0) is 22.0. The predicted octanol–water partition coefficient (Wildman–Crippen LogP) is 2.45. The van der Waals surface area contributed by atoms with Gasteiger partial charge in [0.2, 0.25) is 11.8 Å². The Labute approximate surface area is 186 Å². The molecule has 166 valence electrons. The molecule has 0 bridgehead atoms. The van der Waals surface area contributed by atoms with E-state index in [1.807, 2.05) is 0 Å². The largest absolute Gasteiger partial charge is 0.356 e. The molecule has 1 aromatic carbocycles. The molecule has 0 aromatic heterocycles. The van der Waals surface area contributed by atoms with E-state index in [1.54, 1.807) is 29.2 Å². The average molecular weight is 447 g/mol. The van der Waals surface area contributed by atoms with Crippen molar-refractivity contribution in [3.63, 3.8) is 0 Å². The molecule has 5 amide bonds. The number of hydrogen-bond acceptors (Lipinski definition) is 4. The first kappa shape index (κ1) is 21.6. The molecule has 1 spiro atoms. The summed E-state index contributed by atoms with van der Waals surface area (Å²) in [7, 11) is 0. The Morgan fingerprint density at radius 2 is 1.90 bits per heavy atom. The lowest BCUT2D eigenvalue weighted by Gasteiger charge is -2.30. The number of halogens is 1. The van der Waals surface area contributed by atoms with Gasteiger partial charge in [-0.25, -0.2) is 4.79 Å². The summed E-state index contributed by atoms with van der Waals surface area (Å²) in [5, 5.41) is 6.20. The van der Waals surface area contributed by atoms with E-state index in [0.29, 0.717) is 36.5 Å². The van der Waals surface area contributed by atoms with Crippen molar-refractivity contribution < 1.29 is 19.2 Å². The topological polar surface area (TPSA) is 98.8 Å². The summed E-state index contributed by atoms with van der Waals surface area (Å²) in [6.45, 7) is 0.881. The lowest BCUT2D eigenvalue weighted by atomic mass is 9.82. The number of imide groups is 1. The van der Waals surface area contributed by atoms with Gasteiger partial charge in [-0.2, -0.15) is 0 Å². The molecule has 8 nitrogen and oxygen atoms in total. The SMILES string of the molecule is O=C(NCCCN1C(=O)NC2(CCCCC2)C1=O)[C@@H]1CC(=O)N(c2ccccc2Cl)C1. The van der Waals surface area contributed by atoms with E-state index >= 15 is 0 Å². The first-order valence-corrected chi connectivity index (χ1v) is 11.3. The molecule has 2 aliphatic heterocycles. The summed E-state index contributed by atoms with van der Waals surface area (Å²) < 4.78 is 0. The minimum absolute atomic E-state index is 0.132. The summed E-state index contributed by atoms with van der Waals surface area (Å²) >= 11 is 6.18. The summed E-state index contributed by atoms with van der Waals surface area (Å²) in [6.07, 6.45) is 4.98. The molecule has 31 heavy (non-hydrogen) atoms. The van der Waals surface area contributed by atoms with Crippen LogP contribution >= 0.6 is 11.6 Å². The zero-order valence-corrected chi connectivity index (χ0v) is 18.1. The van der Waals surface area contributed by atoms with Gasteiger partial charge in [-0.05, 0) is 31.4 Å². The van der Waals surface area contributed by atoms with Crippen molar-refractivity contribution in [1.82, 2.24) is 15.5 Å². The van der Waals surface area contributed by atoms with Crippen molar-refractivity contribution in [3.8, 4) is 0 Å². The van der Waals surface area contributed by atoms with Gasteiger partial charge in [0.15, 0.2) is 0 Å². The maximum Gasteiger partial charge on any atom is 0.325 e. The maximum atomic E-state index is 12.8. The molecular weight excluding hydrogens is 420 g/mol. The Hall–Kier alpha value is -2.61. The number of nitrogens with one attached hydrogen (secondary N) is 2. The quantitative estimate of drug-likeness (QED) is 0.518. The molecule has 1 aliphatic carbocycles. The Bertz CT molecular complexity index is 899. The van der Waals surface area contributed by atoms with Gasteiger partial charge in [0.1, 0.15) is 5.54 Å². The number of benzene rings is 1. The number of hydrogen-bond donors (Lipinski definition) is 2. The van der Waals surface area contributed by atoms with E-state index in [1.165, 1.54) is 4.90 Å². The minimum Gasteiger partial charge on any atom is -0.356 e. The normalized spacial score (nSPS) is 22.9. The van der Waals surface area contributed by atoms with E-state index in [4.69, 9.17) is 11.6 Å². The molecule has 3 fully saturated rings. The maximum absolute atomic E-state index is 12.8. The monoisotopic (exact) mass is 446 g/mol. The molecule has 1 atom stereocenters.